The van der Waals surface area contributed by atoms with Crippen LogP contribution in [0.4, 0.5) is 0 Å². The number of Topliss-reactive ketones (excluding diaryl/α,β-unsaturated/α-hetero) is 1. The molecule has 1 unspecified atom stereocenters. The third kappa shape index (κ3) is 2.04. The van der Waals surface area contributed by atoms with E-state index in [1.54, 1.807) is 6.92 Å². The van der Waals surface area contributed by atoms with Crippen molar-refractivity contribution in [2.75, 3.05) is 0 Å². The van der Waals surface area contributed by atoms with Crippen molar-refractivity contribution in [2.24, 2.45) is 5.92 Å². The summed E-state index contributed by atoms with van der Waals surface area (Å²) in [6, 6.07) is 0. The van der Waals surface area contributed by atoms with Gasteiger partial charge in [-0.3, -0.25) is 4.79 Å². The molecular formula is C10H14O. The predicted molar refractivity (Wildman–Crippen MR) is 46.3 cm³/mol. The summed E-state index contributed by atoms with van der Waals surface area (Å²) in [7, 11) is 0. The summed E-state index contributed by atoms with van der Waals surface area (Å²) in [5.41, 5.74) is 2.19. The second-order valence-electron chi connectivity index (χ2n) is 3.32. The van der Waals surface area contributed by atoms with Gasteiger partial charge in [0, 0.05) is 0 Å². The maximum atomic E-state index is 11.0. The highest BCUT2D eigenvalue weighted by atomic mass is 16.1. The van der Waals surface area contributed by atoms with Crippen LogP contribution >= 0.6 is 0 Å². The van der Waals surface area contributed by atoms with E-state index >= 15 is 0 Å². The normalized spacial score (nSPS) is 24.1. The van der Waals surface area contributed by atoms with Gasteiger partial charge in [0.1, 0.15) is 0 Å². The number of hydrogen-bond donors (Lipinski definition) is 0. The fraction of sp³-hybridized carbons (Fsp3) is 0.500. The van der Waals surface area contributed by atoms with E-state index in [0.717, 1.165) is 12.0 Å². The second-order valence-corrected chi connectivity index (χ2v) is 3.32. The van der Waals surface area contributed by atoms with Gasteiger partial charge in [0.25, 0.3) is 0 Å². The van der Waals surface area contributed by atoms with Crippen molar-refractivity contribution in [1.29, 1.82) is 0 Å². The van der Waals surface area contributed by atoms with E-state index in [4.69, 9.17) is 0 Å². The Hall–Kier alpha value is -0.850. The molecule has 1 atom stereocenters. The van der Waals surface area contributed by atoms with Crippen LogP contribution in [0.3, 0.4) is 0 Å². The van der Waals surface area contributed by atoms with Crippen LogP contribution in [0, 0.1) is 5.92 Å². The Bertz CT molecular complexity index is 233. The van der Waals surface area contributed by atoms with Gasteiger partial charge < -0.3 is 0 Å². The Morgan fingerprint density at radius 1 is 1.64 bits per heavy atom. The second kappa shape index (κ2) is 3.04. The Kier molecular flexibility index (Phi) is 2.28. The monoisotopic (exact) mass is 150 g/mol. The van der Waals surface area contributed by atoms with E-state index in [9.17, 15) is 4.79 Å². The number of rotatable bonds is 1. The molecule has 0 heterocycles. The first-order valence-corrected chi connectivity index (χ1v) is 3.99. The molecule has 0 aliphatic heterocycles. The van der Waals surface area contributed by atoms with Crippen molar-refractivity contribution in [3.63, 3.8) is 0 Å². The van der Waals surface area contributed by atoms with Crippen LogP contribution in [0.25, 0.3) is 0 Å². The molecule has 1 aliphatic rings. The molecule has 0 spiro atoms. The van der Waals surface area contributed by atoms with Gasteiger partial charge in [-0.05, 0) is 31.8 Å². The molecule has 0 amide bonds. The largest absolute Gasteiger partial charge is 0.295 e. The van der Waals surface area contributed by atoms with Crippen LogP contribution < -0.4 is 0 Å². The van der Waals surface area contributed by atoms with Gasteiger partial charge >= 0.3 is 0 Å². The van der Waals surface area contributed by atoms with Gasteiger partial charge in [0.2, 0.25) is 0 Å². The molecule has 0 fully saturated rings. The maximum absolute atomic E-state index is 11.0. The van der Waals surface area contributed by atoms with Crippen molar-refractivity contribution in [3.05, 3.63) is 23.3 Å². The molecule has 0 radical (unpaired) electrons. The molecule has 0 aromatic carbocycles. The molecule has 1 aliphatic carbocycles. The quantitative estimate of drug-likeness (QED) is 0.561. The highest BCUT2D eigenvalue weighted by Crippen LogP contribution is 2.22. The highest BCUT2D eigenvalue weighted by Gasteiger charge is 2.11. The molecule has 0 saturated carbocycles. The zero-order valence-electron chi connectivity index (χ0n) is 7.35. The lowest BCUT2D eigenvalue weighted by molar-refractivity contribution is -0.113. The molecule has 60 valence electrons. The molecule has 0 N–H and O–H groups in total. The molecular weight excluding hydrogens is 136 g/mol. The Morgan fingerprint density at radius 2 is 2.27 bits per heavy atom. The van der Waals surface area contributed by atoms with Crippen LogP contribution in [0.1, 0.15) is 27.2 Å². The average Bonchev–Trinajstić information content (AvgIpc) is 1.85. The smallest absolute Gasteiger partial charge is 0.155 e. The first-order chi connectivity index (χ1) is 5.09. The van der Waals surface area contributed by atoms with Gasteiger partial charge in [-0.15, -0.1) is 0 Å². The lowest BCUT2D eigenvalue weighted by atomic mass is 9.90. The highest BCUT2D eigenvalue weighted by molar-refractivity contribution is 5.94. The molecule has 1 rings (SSSR count). The van der Waals surface area contributed by atoms with E-state index < -0.39 is 0 Å². The molecule has 11 heavy (non-hydrogen) atoms. The topological polar surface area (TPSA) is 17.1 Å². The van der Waals surface area contributed by atoms with Crippen LogP contribution in [0.15, 0.2) is 23.3 Å². The van der Waals surface area contributed by atoms with Crippen LogP contribution in [0.2, 0.25) is 0 Å². The third-order valence-corrected chi connectivity index (χ3v) is 1.94. The Balaban J connectivity index is 2.84. The van der Waals surface area contributed by atoms with Gasteiger partial charge in [0.05, 0.1) is 0 Å². The summed E-state index contributed by atoms with van der Waals surface area (Å²) in [6.45, 7) is 5.81. The molecule has 1 heteroatoms. The Labute approximate surface area is 67.8 Å². The fourth-order valence-electron chi connectivity index (χ4n) is 1.48. The van der Waals surface area contributed by atoms with E-state index in [1.165, 1.54) is 5.57 Å². The minimum absolute atomic E-state index is 0.212. The zero-order valence-corrected chi connectivity index (χ0v) is 7.35. The fourth-order valence-corrected chi connectivity index (χ4v) is 1.48. The van der Waals surface area contributed by atoms with Crippen molar-refractivity contribution in [1.82, 2.24) is 0 Å². The molecule has 0 saturated heterocycles. The summed E-state index contributed by atoms with van der Waals surface area (Å²) in [4.78, 5) is 11.0. The molecule has 1 nitrogen and oxygen atoms in total. The predicted octanol–water partition coefficient (Wildman–Crippen LogP) is 2.49. The van der Waals surface area contributed by atoms with Crippen LogP contribution in [-0.2, 0) is 4.79 Å². The van der Waals surface area contributed by atoms with E-state index in [2.05, 4.69) is 13.0 Å². The van der Waals surface area contributed by atoms with Crippen molar-refractivity contribution in [3.8, 4) is 0 Å². The summed E-state index contributed by atoms with van der Waals surface area (Å²) >= 11 is 0. The minimum atomic E-state index is 0.212. The van der Waals surface area contributed by atoms with Crippen molar-refractivity contribution in [2.45, 2.75) is 27.2 Å². The number of carbonyl (C=O) groups is 1. The van der Waals surface area contributed by atoms with Crippen molar-refractivity contribution < 1.29 is 4.79 Å². The van der Waals surface area contributed by atoms with Gasteiger partial charge in [-0.25, -0.2) is 0 Å². The van der Waals surface area contributed by atoms with Gasteiger partial charge in [-0.2, -0.15) is 0 Å². The Morgan fingerprint density at radius 3 is 2.73 bits per heavy atom. The molecule has 0 aromatic heterocycles. The SMILES string of the molecule is CC(=O)C1=CC(C)=CC(C)C1. The number of carbonyl (C=O) groups excluding carboxylic acids is 1. The zero-order chi connectivity index (χ0) is 8.43. The van der Waals surface area contributed by atoms with Gasteiger partial charge in [0.15, 0.2) is 5.78 Å². The standard InChI is InChI=1S/C10H14O/c1-7-4-8(2)6-10(5-7)9(3)11/h4-5,8H,6H2,1-3H3. The summed E-state index contributed by atoms with van der Waals surface area (Å²) in [5, 5.41) is 0. The molecule has 0 bridgehead atoms. The average molecular weight is 150 g/mol. The van der Waals surface area contributed by atoms with Crippen LogP contribution in [0.5, 0.6) is 0 Å². The first kappa shape index (κ1) is 8.25. The third-order valence-electron chi connectivity index (χ3n) is 1.94. The first-order valence-electron chi connectivity index (χ1n) is 3.99. The minimum Gasteiger partial charge on any atom is -0.295 e. The van der Waals surface area contributed by atoms with Crippen LogP contribution in [-0.4, -0.2) is 5.78 Å². The van der Waals surface area contributed by atoms with E-state index in [1.807, 2.05) is 13.0 Å². The number of hydrogen-bond acceptors (Lipinski definition) is 1. The van der Waals surface area contributed by atoms with Crippen molar-refractivity contribution >= 4 is 5.78 Å². The molecule has 0 aromatic rings. The number of allylic oxidation sites excluding steroid dienone is 4. The number of ketones is 1. The van der Waals surface area contributed by atoms with E-state index in [0.29, 0.717) is 5.92 Å². The maximum Gasteiger partial charge on any atom is 0.155 e. The lowest BCUT2D eigenvalue weighted by Gasteiger charge is -2.14. The summed E-state index contributed by atoms with van der Waals surface area (Å²) in [6.07, 6.45) is 5.10. The van der Waals surface area contributed by atoms with E-state index in [-0.39, 0.29) is 5.78 Å². The summed E-state index contributed by atoms with van der Waals surface area (Å²) in [5.74, 6) is 0.739. The van der Waals surface area contributed by atoms with Gasteiger partial charge in [-0.1, -0.05) is 24.6 Å². The lowest BCUT2D eigenvalue weighted by Crippen LogP contribution is -2.06. The summed E-state index contributed by atoms with van der Waals surface area (Å²) < 4.78 is 0.